The van der Waals surface area contributed by atoms with Gasteiger partial charge in [0, 0.05) is 26.4 Å². The van der Waals surface area contributed by atoms with E-state index in [0.29, 0.717) is 0 Å². The fourth-order valence-electron chi connectivity index (χ4n) is 5.78. The van der Waals surface area contributed by atoms with Gasteiger partial charge in [-0.05, 0) is 57.3 Å². The average Bonchev–Trinajstić information content (AvgIpc) is 3.50. The van der Waals surface area contributed by atoms with Gasteiger partial charge in [0.25, 0.3) is 0 Å². The van der Waals surface area contributed by atoms with Crippen LogP contribution in [0.5, 0.6) is 0 Å². The molecule has 5 aromatic carbocycles. The zero-order valence-electron chi connectivity index (χ0n) is 19.5. The van der Waals surface area contributed by atoms with Crippen molar-refractivity contribution < 1.29 is 0 Å². The quantitative estimate of drug-likeness (QED) is 0.243. The van der Waals surface area contributed by atoms with Crippen LogP contribution in [0.15, 0.2) is 115 Å². The van der Waals surface area contributed by atoms with Gasteiger partial charge < -0.3 is 0 Å². The Balaban J connectivity index is 1.26. The maximum atomic E-state index is 5.20. The van der Waals surface area contributed by atoms with Crippen LogP contribution in [0.25, 0.3) is 64.6 Å². The second-order valence-corrected chi connectivity index (χ2v) is 10.6. The normalized spacial score (nSPS) is 12.3. The Morgan fingerprint density at radius 2 is 1.19 bits per heavy atom. The molecule has 0 N–H and O–H groups in total. The standard InChI is InChI=1S/C34H21NS/c1-2-8-26-24(7-1)19-25-18-17-23(20-30(25)26)21-13-15-22(16-14-21)33-28-10-4-3-9-27(28)32-29-11-5-6-12-31(29)36-34(32)35-33/h1-18,20H,19H2. The summed E-state index contributed by atoms with van der Waals surface area (Å²) in [6, 6.07) is 41.9. The van der Waals surface area contributed by atoms with Gasteiger partial charge in [-0.15, -0.1) is 11.3 Å². The van der Waals surface area contributed by atoms with Crippen LogP contribution in [0.1, 0.15) is 11.1 Å². The van der Waals surface area contributed by atoms with E-state index in [9.17, 15) is 0 Å². The molecule has 0 radical (unpaired) electrons. The summed E-state index contributed by atoms with van der Waals surface area (Å²) in [6.45, 7) is 0. The van der Waals surface area contributed by atoms with E-state index in [2.05, 4.69) is 115 Å². The minimum absolute atomic E-state index is 1.03. The first-order valence-electron chi connectivity index (χ1n) is 12.4. The first-order chi connectivity index (χ1) is 17.8. The number of rotatable bonds is 2. The number of hydrogen-bond acceptors (Lipinski definition) is 2. The molecule has 2 heteroatoms. The van der Waals surface area contributed by atoms with Gasteiger partial charge in [-0.1, -0.05) is 103 Å². The molecule has 2 heterocycles. The molecule has 168 valence electrons. The van der Waals surface area contributed by atoms with Crippen molar-refractivity contribution in [3.8, 4) is 33.5 Å². The number of fused-ring (bicyclic) bond motifs is 8. The van der Waals surface area contributed by atoms with Crippen LogP contribution in [0.2, 0.25) is 0 Å². The van der Waals surface area contributed by atoms with Crippen LogP contribution in [0.4, 0.5) is 0 Å². The largest absolute Gasteiger partial charge is 0.236 e. The van der Waals surface area contributed by atoms with Gasteiger partial charge >= 0.3 is 0 Å². The van der Waals surface area contributed by atoms with Gasteiger partial charge in [0.2, 0.25) is 0 Å². The van der Waals surface area contributed by atoms with Crippen LogP contribution in [0.3, 0.4) is 0 Å². The molecule has 8 rings (SSSR count). The Kier molecular flexibility index (Phi) is 4.22. The van der Waals surface area contributed by atoms with Crippen LogP contribution < -0.4 is 0 Å². The second kappa shape index (κ2) is 7.61. The van der Waals surface area contributed by atoms with Gasteiger partial charge in [-0.3, -0.25) is 0 Å². The van der Waals surface area contributed by atoms with Crippen LogP contribution in [0, 0.1) is 0 Å². The van der Waals surface area contributed by atoms with Gasteiger partial charge in [-0.2, -0.15) is 0 Å². The molecule has 0 saturated heterocycles. The maximum absolute atomic E-state index is 5.20. The monoisotopic (exact) mass is 475 g/mol. The molecule has 0 fully saturated rings. The molecule has 0 bridgehead atoms. The number of pyridine rings is 1. The topological polar surface area (TPSA) is 12.9 Å². The molecule has 0 saturated carbocycles. The molecule has 0 amide bonds. The summed E-state index contributed by atoms with van der Waals surface area (Å²) >= 11 is 1.78. The molecule has 0 spiro atoms. The van der Waals surface area contributed by atoms with E-state index in [1.807, 2.05) is 0 Å². The van der Waals surface area contributed by atoms with Crippen molar-refractivity contribution in [3.05, 3.63) is 126 Å². The third kappa shape index (κ3) is 2.92. The van der Waals surface area contributed by atoms with E-state index in [0.717, 1.165) is 22.5 Å². The van der Waals surface area contributed by atoms with Crippen molar-refractivity contribution in [1.29, 1.82) is 0 Å². The highest BCUT2D eigenvalue weighted by molar-refractivity contribution is 7.25. The van der Waals surface area contributed by atoms with Gasteiger partial charge in [-0.25, -0.2) is 4.98 Å². The van der Waals surface area contributed by atoms with E-state index in [1.54, 1.807) is 11.3 Å². The lowest BCUT2D eigenvalue weighted by Crippen LogP contribution is -1.88. The van der Waals surface area contributed by atoms with Gasteiger partial charge in [0.05, 0.1) is 5.69 Å². The van der Waals surface area contributed by atoms with Crippen LogP contribution >= 0.6 is 11.3 Å². The maximum Gasteiger partial charge on any atom is 0.125 e. The fraction of sp³-hybridized carbons (Fsp3) is 0.0294. The fourth-order valence-corrected chi connectivity index (χ4v) is 6.88. The molecule has 1 aliphatic rings. The Labute approximate surface area is 213 Å². The Hall–Kier alpha value is -4.27. The number of thiophene rings is 1. The molecule has 36 heavy (non-hydrogen) atoms. The van der Waals surface area contributed by atoms with Crippen molar-refractivity contribution in [2.75, 3.05) is 0 Å². The van der Waals surface area contributed by atoms with E-state index < -0.39 is 0 Å². The zero-order valence-corrected chi connectivity index (χ0v) is 20.3. The van der Waals surface area contributed by atoms with E-state index >= 15 is 0 Å². The third-order valence-corrected chi connectivity index (χ3v) is 8.60. The summed E-state index contributed by atoms with van der Waals surface area (Å²) < 4.78 is 1.29. The van der Waals surface area contributed by atoms with Crippen molar-refractivity contribution >= 4 is 42.4 Å². The lowest BCUT2D eigenvalue weighted by atomic mass is 9.96. The van der Waals surface area contributed by atoms with E-state index in [-0.39, 0.29) is 0 Å². The number of nitrogens with zero attached hydrogens (tertiary/aromatic N) is 1. The summed E-state index contributed by atoms with van der Waals surface area (Å²) in [7, 11) is 0. The van der Waals surface area contributed by atoms with Gasteiger partial charge in [0.15, 0.2) is 0 Å². The van der Waals surface area contributed by atoms with Gasteiger partial charge in [0.1, 0.15) is 4.83 Å². The predicted molar refractivity (Wildman–Crippen MR) is 154 cm³/mol. The Morgan fingerprint density at radius 1 is 0.528 bits per heavy atom. The summed E-state index contributed by atoms with van der Waals surface area (Å²) in [5.74, 6) is 0. The SMILES string of the molecule is c1ccc2c(c1)Cc1ccc(-c3ccc(-c4nc5sc6ccccc6c5c5ccccc45)cc3)cc1-2. The van der Waals surface area contributed by atoms with E-state index in [1.165, 1.54) is 59.6 Å². The molecular weight excluding hydrogens is 454 g/mol. The van der Waals surface area contributed by atoms with E-state index in [4.69, 9.17) is 4.98 Å². The molecule has 0 aliphatic heterocycles. The highest BCUT2D eigenvalue weighted by Crippen LogP contribution is 2.42. The molecule has 0 unspecified atom stereocenters. The first kappa shape index (κ1) is 20.0. The molecule has 0 atom stereocenters. The van der Waals surface area contributed by atoms with Crippen LogP contribution in [-0.4, -0.2) is 4.98 Å². The van der Waals surface area contributed by atoms with Crippen molar-refractivity contribution in [2.24, 2.45) is 0 Å². The average molecular weight is 476 g/mol. The highest BCUT2D eigenvalue weighted by atomic mass is 32.1. The summed E-state index contributed by atoms with van der Waals surface area (Å²) in [5, 5.41) is 5.04. The van der Waals surface area contributed by atoms with Crippen molar-refractivity contribution in [1.82, 2.24) is 4.98 Å². The third-order valence-electron chi connectivity index (χ3n) is 7.53. The predicted octanol–water partition coefficient (Wildman–Crippen LogP) is 9.51. The molecule has 2 aromatic heterocycles. The Bertz CT molecular complexity index is 1960. The smallest absolute Gasteiger partial charge is 0.125 e. The summed E-state index contributed by atoms with van der Waals surface area (Å²) in [5.41, 5.74) is 10.3. The van der Waals surface area contributed by atoms with Crippen molar-refractivity contribution in [3.63, 3.8) is 0 Å². The Morgan fingerprint density at radius 3 is 2.08 bits per heavy atom. The molecular formula is C34H21NS. The minimum atomic E-state index is 1.03. The molecule has 1 aliphatic carbocycles. The summed E-state index contributed by atoms with van der Waals surface area (Å²) in [6.07, 6.45) is 1.03. The number of aromatic nitrogens is 1. The summed E-state index contributed by atoms with van der Waals surface area (Å²) in [4.78, 5) is 6.31. The van der Waals surface area contributed by atoms with Crippen LogP contribution in [-0.2, 0) is 6.42 Å². The minimum Gasteiger partial charge on any atom is -0.236 e. The zero-order chi connectivity index (χ0) is 23.6. The van der Waals surface area contributed by atoms with Crippen molar-refractivity contribution in [2.45, 2.75) is 6.42 Å². The lowest BCUT2D eigenvalue weighted by Gasteiger charge is -2.10. The second-order valence-electron chi connectivity index (χ2n) is 9.57. The molecule has 1 nitrogen and oxygen atoms in total. The number of hydrogen-bond donors (Lipinski definition) is 0. The molecule has 7 aromatic rings. The first-order valence-corrected chi connectivity index (χ1v) is 13.2. The number of benzene rings is 5. The highest BCUT2D eigenvalue weighted by Gasteiger charge is 2.19. The lowest BCUT2D eigenvalue weighted by molar-refractivity contribution is 1.26.